The Morgan fingerprint density at radius 2 is 0.839 bits per heavy atom. The van der Waals surface area contributed by atoms with Crippen LogP contribution < -0.4 is 43.4 Å². The van der Waals surface area contributed by atoms with Gasteiger partial charge in [0.25, 0.3) is 0 Å². The molecule has 2 aromatic carbocycles. The molecule has 8 atom stereocenters. The first-order valence-electron chi connectivity index (χ1n) is 22.2. The molecule has 0 bridgehead atoms. The quantitative estimate of drug-likeness (QED) is 0.0748. The monoisotopic (exact) mass is 855 g/mol. The van der Waals surface area contributed by atoms with Gasteiger partial charge in [0.2, 0.25) is 35.4 Å². The van der Waals surface area contributed by atoms with E-state index in [4.69, 9.17) is 11.5 Å². The highest BCUT2D eigenvalue weighted by molar-refractivity contribution is 5.99. The molecule has 1 aliphatic heterocycles. The molecule has 6 amide bonds. The van der Waals surface area contributed by atoms with E-state index in [1.54, 1.807) is 12.4 Å². The maximum Gasteiger partial charge on any atom is 0.243 e. The Morgan fingerprint density at radius 1 is 0.484 bits per heavy atom. The summed E-state index contributed by atoms with van der Waals surface area (Å²) in [6.45, 7) is 8.17. The maximum atomic E-state index is 14.5. The predicted octanol–water partition coefficient (Wildman–Crippen LogP) is 2.71. The first-order chi connectivity index (χ1) is 29.9. The summed E-state index contributed by atoms with van der Waals surface area (Å²) in [5, 5.41) is 19.2. The number of para-hydroxylation sites is 2. The number of fused-ring (bicyclic) bond motifs is 2. The second kappa shape index (κ2) is 22.9. The van der Waals surface area contributed by atoms with Gasteiger partial charge in [0, 0.05) is 47.0 Å². The number of H-pyrrole nitrogens is 2. The van der Waals surface area contributed by atoms with E-state index in [0.717, 1.165) is 32.9 Å². The van der Waals surface area contributed by atoms with Gasteiger partial charge in [-0.3, -0.25) is 28.8 Å². The minimum absolute atomic E-state index is 0.0629. The highest BCUT2D eigenvalue weighted by atomic mass is 16.2. The zero-order chi connectivity index (χ0) is 44.8. The third-order valence-electron chi connectivity index (χ3n) is 12.2. The average Bonchev–Trinajstić information content (AvgIpc) is 3.88. The number of nitrogens with two attached hydrogens (primary N) is 2. The molecule has 0 radical (unpaired) electrons. The molecule has 0 spiro atoms. The molecule has 1 aliphatic rings. The number of carbonyl (C=O) groups is 6. The summed E-state index contributed by atoms with van der Waals surface area (Å²) in [5.41, 5.74) is 14.9. The molecular weight excluding hydrogens is 789 g/mol. The Bertz CT molecular complexity index is 2000. The summed E-state index contributed by atoms with van der Waals surface area (Å²) in [6, 6.07) is 8.45. The summed E-state index contributed by atoms with van der Waals surface area (Å²) in [5.74, 6) is -4.35. The number of carbonyl (C=O) groups excluding carboxylic acids is 6. The van der Waals surface area contributed by atoms with E-state index in [2.05, 4.69) is 41.9 Å². The van der Waals surface area contributed by atoms with Crippen molar-refractivity contribution < 1.29 is 28.8 Å². The van der Waals surface area contributed by atoms with E-state index in [0.29, 0.717) is 51.6 Å². The van der Waals surface area contributed by atoms with Crippen LogP contribution in [0.2, 0.25) is 0 Å². The van der Waals surface area contributed by atoms with Gasteiger partial charge in [0.1, 0.15) is 36.3 Å². The first-order valence-corrected chi connectivity index (χ1v) is 22.2. The smallest absolute Gasteiger partial charge is 0.243 e. The van der Waals surface area contributed by atoms with Crippen LogP contribution in [0.1, 0.15) is 90.2 Å². The molecule has 0 saturated carbocycles. The summed E-state index contributed by atoms with van der Waals surface area (Å²) >= 11 is 0. The molecule has 2 aromatic heterocycles. The molecule has 12 N–H and O–H groups in total. The van der Waals surface area contributed by atoms with Gasteiger partial charge >= 0.3 is 0 Å². The Kier molecular flexibility index (Phi) is 17.5. The van der Waals surface area contributed by atoms with E-state index in [9.17, 15) is 28.8 Å². The van der Waals surface area contributed by atoms with Crippen molar-refractivity contribution in [3.05, 3.63) is 72.1 Å². The van der Waals surface area contributed by atoms with Crippen LogP contribution in [0.4, 0.5) is 0 Å². The lowest BCUT2D eigenvalue weighted by molar-refractivity contribution is -0.137. The second-order valence-corrected chi connectivity index (χ2v) is 16.7. The zero-order valence-electron chi connectivity index (χ0n) is 36.5. The van der Waals surface area contributed by atoms with Gasteiger partial charge in [-0.15, -0.1) is 0 Å². The summed E-state index contributed by atoms with van der Waals surface area (Å²) in [6.07, 6.45) is 7.27. The van der Waals surface area contributed by atoms with Crippen LogP contribution in [0.5, 0.6) is 0 Å². The van der Waals surface area contributed by atoms with Crippen LogP contribution in [0.25, 0.3) is 21.8 Å². The molecule has 16 nitrogen and oxygen atoms in total. The molecule has 1 fully saturated rings. The normalized spacial score (nSPS) is 23.3. The van der Waals surface area contributed by atoms with Gasteiger partial charge < -0.3 is 53.3 Å². The van der Waals surface area contributed by atoms with Crippen molar-refractivity contribution >= 4 is 57.2 Å². The molecule has 1 saturated heterocycles. The first kappa shape index (κ1) is 47.3. The number of aromatic nitrogens is 2. The lowest BCUT2D eigenvalue weighted by Crippen LogP contribution is -2.63. The topological polar surface area (TPSA) is 258 Å². The van der Waals surface area contributed by atoms with E-state index in [1.807, 2.05) is 76.2 Å². The Morgan fingerprint density at radius 3 is 1.21 bits per heavy atom. The predicted molar refractivity (Wildman–Crippen MR) is 240 cm³/mol. The van der Waals surface area contributed by atoms with E-state index >= 15 is 0 Å². The van der Waals surface area contributed by atoms with Gasteiger partial charge in [-0.2, -0.15) is 0 Å². The van der Waals surface area contributed by atoms with Crippen molar-refractivity contribution in [2.24, 2.45) is 23.3 Å². The van der Waals surface area contributed by atoms with Crippen molar-refractivity contribution in [2.75, 3.05) is 13.1 Å². The van der Waals surface area contributed by atoms with Crippen LogP contribution in [-0.2, 0) is 41.6 Å². The van der Waals surface area contributed by atoms with Crippen molar-refractivity contribution in [3.63, 3.8) is 0 Å². The fourth-order valence-corrected chi connectivity index (χ4v) is 7.96. The summed E-state index contributed by atoms with van der Waals surface area (Å²) in [4.78, 5) is 93.1. The van der Waals surface area contributed by atoms with Gasteiger partial charge in [0.05, 0.1) is 0 Å². The van der Waals surface area contributed by atoms with Crippen LogP contribution >= 0.6 is 0 Å². The van der Waals surface area contributed by atoms with Crippen LogP contribution in [0, 0.1) is 11.8 Å². The number of hydrogen-bond acceptors (Lipinski definition) is 8. The summed E-state index contributed by atoms with van der Waals surface area (Å²) < 4.78 is 0. The highest BCUT2D eigenvalue weighted by Crippen LogP contribution is 2.22. The lowest BCUT2D eigenvalue weighted by Gasteiger charge is -2.31. The molecule has 62 heavy (non-hydrogen) atoms. The third kappa shape index (κ3) is 12.2. The van der Waals surface area contributed by atoms with Gasteiger partial charge in [-0.05, 0) is 86.7 Å². The van der Waals surface area contributed by atoms with Crippen molar-refractivity contribution in [1.29, 1.82) is 0 Å². The Hall–Kier alpha value is -5.74. The molecule has 5 rings (SSSR count). The van der Waals surface area contributed by atoms with Crippen molar-refractivity contribution in [2.45, 2.75) is 128 Å². The number of amides is 6. The van der Waals surface area contributed by atoms with Gasteiger partial charge in [-0.1, -0.05) is 76.9 Å². The van der Waals surface area contributed by atoms with Crippen LogP contribution in [-0.4, -0.2) is 94.8 Å². The second-order valence-electron chi connectivity index (χ2n) is 16.7. The number of rotatable bonds is 16. The van der Waals surface area contributed by atoms with E-state index in [-0.39, 0.29) is 37.5 Å². The zero-order valence-corrected chi connectivity index (χ0v) is 36.5. The fourth-order valence-electron chi connectivity index (χ4n) is 7.96. The number of nitrogens with one attached hydrogen (secondary N) is 8. The maximum absolute atomic E-state index is 14.5. The molecular formula is C46H66N10O6. The minimum Gasteiger partial charge on any atom is -0.361 e. The number of aromatic amines is 2. The number of benzene rings is 2. The van der Waals surface area contributed by atoms with Crippen molar-refractivity contribution in [3.8, 4) is 0 Å². The molecule has 4 aromatic rings. The Balaban J connectivity index is 1.58. The molecule has 336 valence electrons. The molecule has 0 aliphatic carbocycles. The summed E-state index contributed by atoms with van der Waals surface area (Å²) in [7, 11) is 0. The minimum atomic E-state index is -1.17. The fraction of sp³-hybridized carbons (Fsp3) is 0.522. The standard InChI is InChI=1S/C46H66N10O6/c1-5-27(3)39-45(61)51-35(19-11-13-21-47)41(57)54-38(24-30-26-50-34-18-10-8-16-32(30)34)44(60)56-40(28(4)6-2)46(62)52-36(20-12-14-22-48)42(58)53-37(43(59)55-39)23-29-25-49-33-17-9-7-15-31(29)33/h7-10,15-18,25-28,35-40,49-50H,5-6,11-14,19-24,47-48H2,1-4H3,(H,51,61)(H,52,62)(H,53,58)(H,54,57)(H,55,59)(H,56,60)/t27-,28-,35-,36-,37-,38-,39-,40-/m0/s1. The third-order valence-corrected chi connectivity index (χ3v) is 12.2. The Labute approximate surface area is 363 Å². The number of hydrogen-bond donors (Lipinski definition) is 10. The average molecular weight is 855 g/mol. The van der Waals surface area contributed by atoms with Gasteiger partial charge in [-0.25, -0.2) is 0 Å². The SMILES string of the molecule is CC[C@H](C)[C@@H]1NC(=O)[C@H](Cc2c[nH]c3ccccc23)NC(=O)[C@H](CCCCN)NC(=O)[C@H]([C@@H](C)CC)NC(=O)[C@H](Cc2c[nH]c3ccccc23)NC(=O)[C@H](CCCCN)NC1=O. The van der Waals surface area contributed by atoms with Crippen molar-refractivity contribution in [1.82, 2.24) is 41.9 Å². The largest absolute Gasteiger partial charge is 0.361 e. The van der Waals surface area contributed by atoms with Crippen LogP contribution in [0.3, 0.4) is 0 Å². The molecule has 0 unspecified atom stereocenters. The lowest BCUT2D eigenvalue weighted by atomic mass is 9.95. The molecule has 16 heteroatoms. The molecule has 3 heterocycles. The van der Waals surface area contributed by atoms with E-state index in [1.165, 1.54) is 0 Å². The number of unbranched alkanes of at least 4 members (excludes halogenated alkanes) is 2. The van der Waals surface area contributed by atoms with Crippen LogP contribution in [0.15, 0.2) is 60.9 Å². The highest BCUT2D eigenvalue weighted by Gasteiger charge is 2.37. The van der Waals surface area contributed by atoms with Gasteiger partial charge in [0.15, 0.2) is 0 Å². The van der Waals surface area contributed by atoms with E-state index < -0.39 is 71.7 Å².